The van der Waals surface area contributed by atoms with Crippen molar-refractivity contribution in [1.82, 2.24) is 10.2 Å². The van der Waals surface area contributed by atoms with Crippen molar-refractivity contribution in [2.75, 3.05) is 18.5 Å². The molecule has 0 radical (unpaired) electrons. The summed E-state index contributed by atoms with van der Waals surface area (Å²) in [5, 5.41) is 9.01. The van der Waals surface area contributed by atoms with E-state index < -0.39 is 6.43 Å². The number of nitrogens with zero attached hydrogens (tertiary/aromatic N) is 1. The molecule has 0 atom stereocenters. The first-order valence-corrected chi connectivity index (χ1v) is 4.93. The van der Waals surface area contributed by atoms with E-state index in [1.54, 1.807) is 0 Å². The lowest BCUT2D eigenvalue weighted by Crippen LogP contribution is -2.28. The van der Waals surface area contributed by atoms with E-state index in [2.05, 4.69) is 15.5 Å². The van der Waals surface area contributed by atoms with Crippen molar-refractivity contribution in [2.24, 2.45) is 0 Å². The van der Waals surface area contributed by atoms with Gasteiger partial charge in [-0.3, -0.25) is 5.10 Å². The number of ether oxygens (including phenoxy) is 1. The number of halogens is 2. The van der Waals surface area contributed by atoms with Gasteiger partial charge in [-0.2, -0.15) is 5.10 Å². The van der Waals surface area contributed by atoms with Gasteiger partial charge in [-0.1, -0.05) is 0 Å². The van der Waals surface area contributed by atoms with Gasteiger partial charge in [0.25, 0.3) is 6.43 Å². The molecule has 0 unspecified atom stereocenters. The second-order valence-electron chi connectivity index (χ2n) is 3.52. The van der Waals surface area contributed by atoms with Crippen LogP contribution in [0.3, 0.4) is 0 Å². The minimum Gasteiger partial charge on any atom is -0.381 e. The highest BCUT2D eigenvalue weighted by Gasteiger charge is 2.20. The summed E-state index contributed by atoms with van der Waals surface area (Å²) in [6.07, 6.45) is 0.608. The monoisotopic (exact) mass is 217 g/mol. The number of nitrogens with one attached hydrogen (secondary N) is 2. The van der Waals surface area contributed by atoms with Gasteiger partial charge in [0.1, 0.15) is 0 Å². The van der Waals surface area contributed by atoms with Gasteiger partial charge >= 0.3 is 0 Å². The van der Waals surface area contributed by atoms with E-state index in [1.807, 2.05) is 0 Å². The molecular formula is C9H13F2N3O. The van der Waals surface area contributed by atoms with Crippen LogP contribution in [-0.4, -0.2) is 29.5 Å². The van der Waals surface area contributed by atoms with Crippen molar-refractivity contribution in [3.05, 3.63) is 11.9 Å². The lowest BCUT2D eigenvalue weighted by molar-refractivity contribution is 0.0903. The summed E-state index contributed by atoms with van der Waals surface area (Å²) >= 11 is 0. The van der Waals surface area contributed by atoms with E-state index in [4.69, 9.17) is 4.74 Å². The predicted octanol–water partition coefficient (Wildman–Crippen LogP) is 1.94. The van der Waals surface area contributed by atoms with Gasteiger partial charge in [0.2, 0.25) is 0 Å². The minimum atomic E-state index is -2.54. The van der Waals surface area contributed by atoms with E-state index in [0.29, 0.717) is 18.9 Å². The number of H-pyrrole nitrogens is 1. The summed E-state index contributed by atoms with van der Waals surface area (Å²) in [6.45, 7) is 1.36. The van der Waals surface area contributed by atoms with E-state index in [-0.39, 0.29) is 11.7 Å². The molecule has 1 fully saturated rings. The summed E-state index contributed by atoms with van der Waals surface area (Å²) in [6, 6.07) is 0.203. The third-order valence-electron chi connectivity index (χ3n) is 2.46. The van der Waals surface area contributed by atoms with Crippen molar-refractivity contribution in [1.29, 1.82) is 0 Å². The van der Waals surface area contributed by atoms with E-state index in [0.717, 1.165) is 12.8 Å². The maximum atomic E-state index is 12.5. The molecule has 0 aliphatic carbocycles. The molecule has 84 valence electrons. The Kier molecular flexibility index (Phi) is 3.15. The van der Waals surface area contributed by atoms with E-state index >= 15 is 0 Å². The molecule has 1 aliphatic heterocycles. The standard InChI is InChI=1S/C9H13F2N3O/c10-9(11)8-7(5-12-14-8)13-6-1-3-15-4-2-6/h5-6,9,13H,1-4H2,(H,12,14). The molecule has 0 saturated carbocycles. The van der Waals surface area contributed by atoms with Gasteiger partial charge in [-0.05, 0) is 12.8 Å². The summed E-state index contributed by atoms with van der Waals surface area (Å²) < 4.78 is 30.1. The highest BCUT2D eigenvalue weighted by molar-refractivity contribution is 5.47. The number of anilines is 1. The molecule has 2 heterocycles. The van der Waals surface area contributed by atoms with Gasteiger partial charge in [-0.15, -0.1) is 0 Å². The lowest BCUT2D eigenvalue weighted by atomic mass is 10.1. The van der Waals surface area contributed by atoms with Crippen LogP contribution in [0.25, 0.3) is 0 Å². The van der Waals surface area contributed by atoms with Crippen molar-refractivity contribution >= 4 is 5.69 Å². The molecule has 2 rings (SSSR count). The maximum Gasteiger partial charge on any atom is 0.284 e. The average Bonchev–Trinajstić information content (AvgIpc) is 2.67. The van der Waals surface area contributed by atoms with Crippen molar-refractivity contribution < 1.29 is 13.5 Å². The molecule has 0 spiro atoms. The zero-order chi connectivity index (χ0) is 10.7. The molecule has 6 heteroatoms. The number of hydrogen-bond acceptors (Lipinski definition) is 3. The number of hydrogen-bond donors (Lipinski definition) is 2. The Bertz CT molecular complexity index is 310. The first-order chi connectivity index (χ1) is 7.27. The van der Waals surface area contributed by atoms with Crippen LogP contribution in [0, 0.1) is 0 Å². The van der Waals surface area contributed by atoms with Crippen LogP contribution in [-0.2, 0) is 4.74 Å². The van der Waals surface area contributed by atoms with E-state index in [9.17, 15) is 8.78 Å². The minimum absolute atomic E-state index is 0.203. The van der Waals surface area contributed by atoms with Crippen LogP contribution in [0.1, 0.15) is 25.0 Å². The Labute approximate surface area is 86.0 Å². The first-order valence-electron chi connectivity index (χ1n) is 4.93. The Morgan fingerprint density at radius 1 is 1.47 bits per heavy atom. The Hall–Kier alpha value is -1.17. The largest absolute Gasteiger partial charge is 0.381 e. The summed E-state index contributed by atoms with van der Waals surface area (Å²) in [5.74, 6) is 0. The maximum absolute atomic E-state index is 12.5. The SMILES string of the molecule is FC(F)c1n[nH]cc1NC1CCOCC1. The molecule has 0 bridgehead atoms. The van der Waals surface area contributed by atoms with Crippen LogP contribution in [0.4, 0.5) is 14.5 Å². The van der Waals surface area contributed by atoms with Crippen molar-refractivity contribution in [3.8, 4) is 0 Å². The van der Waals surface area contributed by atoms with Crippen LogP contribution < -0.4 is 5.32 Å². The summed E-state index contributed by atoms with van der Waals surface area (Å²) in [5.41, 5.74) is 0.193. The second-order valence-corrected chi connectivity index (χ2v) is 3.52. The number of aromatic nitrogens is 2. The zero-order valence-corrected chi connectivity index (χ0v) is 8.17. The Balaban J connectivity index is 1.99. The molecule has 15 heavy (non-hydrogen) atoms. The molecule has 1 aromatic rings. The quantitative estimate of drug-likeness (QED) is 0.813. The fourth-order valence-corrected chi connectivity index (χ4v) is 1.64. The number of rotatable bonds is 3. The Morgan fingerprint density at radius 2 is 2.20 bits per heavy atom. The molecule has 0 amide bonds. The second kappa shape index (κ2) is 4.57. The van der Waals surface area contributed by atoms with Crippen LogP contribution in [0.2, 0.25) is 0 Å². The smallest absolute Gasteiger partial charge is 0.284 e. The van der Waals surface area contributed by atoms with Crippen LogP contribution in [0.5, 0.6) is 0 Å². The third-order valence-corrected chi connectivity index (χ3v) is 2.46. The fraction of sp³-hybridized carbons (Fsp3) is 0.667. The topological polar surface area (TPSA) is 49.9 Å². The zero-order valence-electron chi connectivity index (χ0n) is 8.17. The fourth-order valence-electron chi connectivity index (χ4n) is 1.64. The normalized spacial score (nSPS) is 18.3. The van der Waals surface area contributed by atoms with Gasteiger partial charge in [0.05, 0.1) is 5.69 Å². The first kappa shape index (κ1) is 10.4. The molecule has 1 aliphatic rings. The molecule has 1 saturated heterocycles. The summed E-state index contributed by atoms with van der Waals surface area (Å²) in [4.78, 5) is 0. The van der Waals surface area contributed by atoms with Gasteiger partial charge < -0.3 is 10.1 Å². The molecule has 4 nitrogen and oxygen atoms in total. The molecular weight excluding hydrogens is 204 g/mol. The van der Waals surface area contributed by atoms with Gasteiger partial charge in [0.15, 0.2) is 5.69 Å². The Morgan fingerprint density at radius 3 is 2.87 bits per heavy atom. The number of aromatic amines is 1. The number of alkyl halides is 2. The predicted molar refractivity (Wildman–Crippen MR) is 51.0 cm³/mol. The van der Waals surface area contributed by atoms with Crippen molar-refractivity contribution in [2.45, 2.75) is 25.3 Å². The third kappa shape index (κ3) is 2.44. The van der Waals surface area contributed by atoms with E-state index in [1.165, 1.54) is 6.20 Å². The highest BCUT2D eigenvalue weighted by atomic mass is 19.3. The molecule has 2 N–H and O–H groups in total. The average molecular weight is 217 g/mol. The highest BCUT2D eigenvalue weighted by Crippen LogP contribution is 2.25. The molecule has 0 aromatic carbocycles. The van der Waals surface area contributed by atoms with Crippen LogP contribution in [0.15, 0.2) is 6.20 Å². The lowest BCUT2D eigenvalue weighted by Gasteiger charge is -2.23. The van der Waals surface area contributed by atoms with Gasteiger partial charge in [-0.25, -0.2) is 8.78 Å². The van der Waals surface area contributed by atoms with Crippen molar-refractivity contribution in [3.63, 3.8) is 0 Å². The van der Waals surface area contributed by atoms with Crippen LogP contribution >= 0.6 is 0 Å². The summed E-state index contributed by atoms with van der Waals surface area (Å²) in [7, 11) is 0. The molecule has 1 aromatic heterocycles. The van der Waals surface area contributed by atoms with Gasteiger partial charge in [0, 0.05) is 25.5 Å².